The Labute approximate surface area is 85.6 Å². The van der Waals surface area contributed by atoms with E-state index in [4.69, 9.17) is 9.84 Å². The summed E-state index contributed by atoms with van der Waals surface area (Å²) in [6.07, 6.45) is 4.53. The summed E-state index contributed by atoms with van der Waals surface area (Å²) in [6, 6.07) is 0. The Kier molecular flexibility index (Phi) is 4.28. The van der Waals surface area contributed by atoms with Crippen molar-refractivity contribution in [3.63, 3.8) is 0 Å². The van der Waals surface area contributed by atoms with E-state index in [1.54, 1.807) is 0 Å². The standard InChI is InChI=1S/C8H13IO3/c9-6-1-3-7(4-2-6)12-5-8(10)11/h6-7H,1-5H2,(H,10,11). The molecule has 1 aliphatic rings. The highest BCUT2D eigenvalue weighted by atomic mass is 127. The van der Waals surface area contributed by atoms with Crippen molar-refractivity contribution in [3.8, 4) is 0 Å². The summed E-state index contributed by atoms with van der Waals surface area (Å²) in [6.45, 7) is -0.142. The lowest BCUT2D eigenvalue weighted by Gasteiger charge is -2.24. The molecule has 0 radical (unpaired) electrons. The van der Waals surface area contributed by atoms with Crippen molar-refractivity contribution in [2.75, 3.05) is 6.61 Å². The highest BCUT2D eigenvalue weighted by molar-refractivity contribution is 14.1. The summed E-state index contributed by atoms with van der Waals surface area (Å²) in [5, 5.41) is 8.37. The van der Waals surface area contributed by atoms with E-state index in [-0.39, 0.29) is 12.7 Å². The van der Waals surface area contributed by atoms with Crippen molar-refractivity contribution in [2.24, 2.45) is 0 Å². The third-order valence-electron chi connectivity index (χ3n) is 2.05. The molecule has 0 unspecified atom stereocenters. The summed E-state index contributed by atoms with van der Waals surface area (Å²) >= 11 is 2.44. The lowest BCUT2D eigenvalue weighted by atomic mass is 9.98. The second-order valence-electron chi connectivity index (χ2n) is 3.08. The van der Waals surface area contributed by atoms with E-state index >= 15 is 0 Å². The lowest BCUT2D eigenvalue weighted by Crippen LogP contribution is -2.24. The molecule has 0 aliphatic heterocycles. The third-order valence-corrected chi connectivity index (χ3v) is 3.29. The first-order chi connectivity index (χ1) is 5.68. The number of carboxylic acids is 1. The van der Waals surface area contributed by atoms with Crippen LogP contribution in [0.1, 0.15) is 25.7 Å². The molecule has 0 aromatic rings. The number of alkyl halides is 1. The molecule has 70 valence electrons. The second-order valence-corrected chi connectivity index (χ2v) is 4.84. The molecule has 1 aliphatic carbocycles. The average molecular weight is 284 g/mol. The Balaban J connectivity index is 2.13. The molecule has 1 N–H and O–H groups in total. The highest BCUT2D eigenvalue weighted by Crippen LogP contribution is 2.26. The summed E-state index contributed by atoms with van der Waals surface area (Å²) in [4.78, 5) is 10.2. The smallest absolute Gasteiger partial charge is 0.329 e. The van der Waals surface area contributed by atoms with E-state index in [2.05, 4.69) is 22.6 Å². The molecule has 0 spiro atoms. The van der Waals surface area contributed by atoms with Crippen molar-refractivity contribution in [1.82, 2.24) is 0 Å². The van der Waals surface area contributed by atoms with Crippen LogP contribution in [0.5, 0.6) is 0 Å². The van der Waals surface area contributed by atoms with Gasteiger partial charge in [-0.15, -0.1) is 0 Å². The van der Waals surface area contributed by atoms with E-state index in [9.17, 15) is 4.79 Å². The maximum Gasteiger partial charge on any atom is 0.329 e. The van der Waals surface area contributed by atoms with Crippen molar-refractivity contribution in [1.29, 1.82) is 0 Å². The van der Waals surface area contributed by atoms with Crippen LogP contribution in [-0.4, -0.2) is 27.7 Å². The van der Waals surface area contributed by atoms with E-state index in [0.29, 0.717) is 0 Å². The normalized spacial score (nSPS) is 30.1. The Morgan fingerprint density at radius 1 is 1.42 bits per heavy atom. The van der Waals surface area contributed by atoms with Gasteiger partial charge in [-0.25, -0.2) is 4.79 Å². The number of aliphatic carboxylic acids is 1. The number of halogens is 1. The molecule has 4 heteroatoms. The molecule has 0 aromatic carbocycles. The van der Waals surface area contributed by atoms with Crippen molar-refractivity contribution in [3.05, 3.63) is 0 Å². The number of carbonyl (C=O) groups is 1. The molecule has 1 saturated carbocycles. The van der Waals surface area contributed by atoms with E-state index in [1.165, 1.54) is 0 Å². The number of carboxylic acid groups (broad SMARTS) is 1. The predicted octanol–water partition coefficient (Wildman–Crippen LogP) is 1.83. The number of hydrogen-bond donors (Lipinski definition) is 1. The molecule has 0 heterocycles. The number of hydrogen-bond acceptors (Lipinski definition) is 2. The fraction of sp³-hybridized carbons (Fsp3) is 0.875. The summed E-state index contributed by atoms with van der Waals surface area (Å²) in [5.41, 5.74) is 0. The minimum atomic E-state index is -0.869. The van der Waals surface area contributed by atoms with Crippen LogP contribution < -0.4 is 0 Å². The van der Waals surface area contributed by atoms with Crippen LogP contribution in [0.4, 0.5) is 0 Å². The van der Waals surface area contributed by atoms with Crippen LogP contribution in [0.15, 0.2) is 0 Å². The van der Waals surface area contributed by atoms with Gasteiger partial charge in [-0.05, 0) is 25.7 Å². The molecule has 0 amide bonds. The molecule has 0 atom stereocenters. The van der Waals surface area contributed by atoms with Gasteiger partial charge in [-0.3, -0.25) is 0 Å². The van der Waals surface area contributed by atoms with Crippen molar-refractivity contribution in [2.45, 2.75) is 35.7 Å². The van der Waals surface area contributed by atoms with E-state index < -0.39 is 5.97 Å². The zero-order valence-electron chi connectivity index (χ0n) is 6.83. The predicted molar refractivity (Wildman–Crippen MR) is 53.7 cm³/mol. The molecule has 0 aromatic heterocycles. The van der Waals surface area contributed by atoms with Crippen LogP contribution in [0, 0.1) is 0 Å². The topological polar surface area (TPSA) is 46.5 Å². The van der Waals surface area contributed by atoms with Gasteiger partial charge in [0.05, 0.1) is 6.10 Å². The average Bonchev–Trinajstić information content (AvgIpc) is 2.03. The first-order valence-electron chi connectivity index (χ1n) is 4.16. The van der Waals surface area contributed by atoms with Crippen molar-refractivity contribution >= 4 is 28.6 Å². The van der Waals surface area contributed by atoms with Crippen molar-refractivity contribution < 1.29 is 14.6 Å². The molecule has 0 saturated heterocycles. The molecule has 3 nitrogen and oxygen atoms in total. The minimum absolute atomic E-state index is 0.142. The fourth-order valence-corrected chi connectivity index (χ4v) is 2.10. The van der Waals surface area contributed by atoms with Gasteiger partial charge in [-0.1, -0.05) is 22.6 Å². The van der Waals surface area contributed by atoms with Gasteiger partial charge in [0.15, 0.2) is 0 Å². The SMILES string of the molecule is O=C(O)COC1CCC(I)CC1. The summed E-state index contributed by atoms with van der Waals surface area (Å²) in [7, 11) is 0. The lowest BCUT2D eigenvalue weighted by molar-refractivity contribution is -0.144. The Bertz CT molecular complexity index is 152. The number of rotatable bonds is 3. The zero-order valence-corrected chi connectivity index (χ0v) is 8.99. The van der Waals surface area contributed by atoms with E-state index in [1.807, 2.05) is 0 Å². The minimum Gasteiger partial charge on any atom is -0.480 e. The van der Waals surface area contributed by atoms with Gasteiger partial charge in [0.1, 0.15) is 6.61 Å². The zero-order chi connectivity index (χ0) is 8.97. The maximum atomic E-state index is 10.2. The largest absolute Gasteiger partial charge is 0.480 e. The first-order valence-corrected chi connectivity index (χ1v) is 5.40. The molecule has 1 fully saturated rings. The van der Waals surface area contributed by atoms with Gasteiger partial charge in [0, 0.05) is 3.92 Å². The Morgan fingerprint density at radius 3 is 2.50 bits per heavy atom. The van der Waals surface area contributed by atoms with Crippen LogP contribution in [0.2, 0.25) is 0 Å². The van der Waals surface area contributed by atoms with Gasteiger partial charge < -0.3 is 9.84 Å². The maximum absolute atomic E-state index is 10.2. The quantitative estimate of drug-likeness (QED) is 0.635. The van der Waals surface area contributed by atoms with Crippen LogP contribution >= 0.6 is 22.6 Å². The summed E-state index contributed by atoms with van der Waals surface area (Å²) in [5.74, 6) is -0.869. The Morgan fingerprint density at radius 2 is 2.00 bits per heavy atom. The second kappa shape index (κ2) is 5.01. The molecule has 12 heavy (non-hydrogen) atoms. The van der Waals surface area contributed by atoms with Crippen LogP contribution in [-0.2, 0) is 9.53 Å². The Hall–Kier alpha value is 0.160. The monoisotopic (exact) mass is 284 g/mol. The van der Waals surface area contributed by atoms with Gasteiger partial charge in [0.25, 0.3) is 0 Å². The van der Waals surface area contributed by atoms with Gasteiger partial charge in [-0.2, -0.15) is 0 Å². The molecular formula is C8H13IO3. The molecular weight excluding hydrogens is 271 g/mol. The first kappa shape index (κ1) is 10.2. The van der Waals surface area contributed by atoms with Crippen LogP contribution in [0.25, 0.3) is 0 Å². The summed E-state index contributed by atoms with van der Waals surface area (Å²) < 4.78 is 5.95. The highest BCUT2D eigenvalue weighted by Gasteiger charge is 2.19. The van der Waals surface area contributed by atoms with Crippen LogP contribution in [0.3, 0.4) is 0 Å². The number of ether oxygens (including phenoxy) is 1. The third kappa shape index (κ3) is 3.71. The molecule has 0 bridgehead atoms. The van der Waals surface area contributed by atoms with Gasteiger partial charge >= 0.3 is 5.97 Å². The fourth-order valence-electron chi connectivity index (χ4n) is 1.38. The molecule has 1 rings (SSSR count). The van der Waals surface area contributed by atoms with Gasteiger partial charge in [0.2, 0.25) is 0 Å². The van der Waals surface area contributed by atoms with E-state index in [0.717, 1.165) is 29.6 Å².